The van der Waals surface area contributed by atoms with Crippen molar-refractivity contribution in [1.29, 1.82) is 0 Å². The van der Waals surface area contributed by atoms with Crippen LogP contribution in [0.4, 0.5) is 5.13 Å². The molecule has 1 aliphatic rings. The zero-order valence-electron chi connectivity index (χ0n) is 13.6. The van der Waals surface area contributed by atoms with Gasteiger partial charge < -0.3 is 14.6 Å². The number of pyridine rings is 1. The number of halogens is 1. The summed E-state index contributed by atoms with van der Waals surface area (Å²) in [4.78, 5) is 28.5. The van der Waals surface area contributed by atoms with Crippen LogP contribution in [0.15, 0.2) is 51.2 Å². The van der Waals surface area contributed by atoms with Crippen molar-refractivity contribution in [3.63, 3.8) is 0 Å². The smallest absolute Gasteiger partial charge is 0.251 e. The van der Waals surface area contributed by atoms with Gasteiger partial charge in [-0.25, -0.2) is 4.98 Å². The van der Waals surface area contributed by atoms with E-state index in [9.17, 15) is 9.59 Å². The highest BCUT2D eigenvalue weighted by molar-refractivity contribution is 9.10. The Kier molecular flexibility index (Phi) is 4.60. The fourth-order valence-corrected chi connectivity index (χ4v) is 3.86. The minimum atomic E-state index is -0.298. The third-order valence-electron chi connectivity index (χ3n) is 4.00. The molecule has 6 nitrogen and oxygen atoms in total. The molecule has 0 saturated heterocycles. The predicted molar refractivity (Wildman–Crippen MR) is 104 cm³/mol. The Hall–Kier alpha value is -2.45. The summed E-state index contributed by atoms with van der Waals surface area (Å²) in [6.45, 7) is 0.648. The largest absolute Gasteiger partial charge is 0.493 e. The minimum Gasteiger partial charge on any atom is -0.493 e. The molecule has 1 aliphatic heterocycles. The van der Waals surface area contributed by atoms with Crippen LogP contribution in [-0.4, -0.2) is 22.1 Å². The number of carbonyl (C=O) groups is 1. The minimum absolute atomic E-state index is 0.0661. The predicted octanol–water partition coefficient (Wildman–Crippen LogP) is 3.31. The summed E-state index contributed by atoms with van der Waals surface area (Å²) >= 11 is 4.65. The van der Waals surface area contributed by atoms with Gasteiger partial charge >= 0.3 is 0 Å². The average molecular weight is 432 g/mol. The van der Waals surface area contributed by atoms with Gasteiger partial charge in [-0.15, -0.1) is 11.3 Å². The van der Waals surface area contributed by atoms with Crippen LogP contribution in [0, 0.1) is 0 Å². The first-order valence-electron chi connectivity index (χ1n) is 7.96. The van der Waals surface area contributed by atoms with Gasteiger partial charge in [0.1, 0.15) is 12.3 Å². The molecule has 0 bridgehead atoms. The van der Waals surface area contributed by atoms with Crippen LogP contribution >= 0.6 is 27.3 Å². The monoisotopic (exact) mass is 431 g/mol. The van der Waals surface area contributed by atoms with E-state index in [0.717, 1.165) is 27.9 Å². The van der Waals surface area contributed by atoms with Crippen molar-refractivity contribution in [2.45, 2.75) is 13.0 Å². The maximum atomic E-state index is 12.2. The van der Waals surface area contributed by atoms with Crippen molar-refractivity contribution < 1.29 is 9.53 Å². The van der Waals surface area contributed by atoms with Gasteiger partial charge in [0.05, 0.1) is 12.3 Å². The Labute approximate surface area is 161 Å². The molecule has 3 heterocycles. The van der Waals surface area contributed by atoms with Crippen LogP contribution in [0.3, 0.4) is 0 Å². The van der Waals surface area contributed by atoms with Crippen molar-refractivity contribution >= 4 is 38.3 Å². The van der Waals surface area contributed by atoms with E-state index in [-0.39, 0.29) is 18.0 Å². The molecule has 0 unspecified atom stereocenters. The molecule has 0 spiro atoms. The standard InChI is InChI=1S/C18H14BrN3O3S/c19-13-2-4-17(24)22(8-13)9-16(23)21-18-20-14(10-26-18)11-1-3-15-12(7-11)5-6-25-15/h1-4,7-8,10H,5-6,9H2,(H,20,21,23). The number of aromatic nitrogens is 2. The molecule has 1 amide bonds. The molecular weight excluding hydrogens is 418 g/mol. The first-order valence-corrected chi connectivity index (χ1v) is 9.63. The lowest BCUT2D eigenvalue weighted by Gasteiger charge is -2.05. The average Bonchev–Trinajstić information content (AvgIpc) is 3.26. The van der Waals surface area contributed by atoms with E-state index >= 15 is 0 Å². The molecule has 132 valence electrons. The zero-order valence-corrected chi connectivity index (χ0v) is 16.0. The summed E-state index contributed by atoms with van der Waals surface area (Å²) in [5, 5.41) is 5.15. The summed E-state index contributed by atoms with van der Waals surface area (Å²) in [5.74, 6) is 0.630. The van der Waals surface area contributed by atoms with Gasteiger partial charge in [0.25, 0.3) is 5.56 Å². The molecule has 0 saturated carbocycles. The number of fused-ring (bicyclic) bond motifs is 1. The Morgan fingerprint density at radius 1 is 1.35 bits per heavy atom. The number of nitrogens with zero attached hydrogens (tertiary/aromatic N) is 2. The van der Waals surface area contributed by atoms with Gasteiger partial charge in [-0.05, 0) is 45.8 Å². The number of amides is 1. The van der Waals surface area contributed by atoms with Crippen molar-refractivity contribution in [2.75, 3.05) is 11.9 Å². The lowest BCUT2D eigenvalue weighted by Crippen LogP contribution is -2.26. The highest BCUT2D eigenvalue weighted by atomic mass is 79.9. The second-order valence-corrected chi connectivity index (χ2v) is 7.59. The lowest BCUT2D eigenvalue weighted by molar-refractivity contribution is -0.116. The number of ether oxygens (including phenoxy) is 1. The molecule has 0 radical (unpaired) electrons. The number of rotatable bonds is 4. The number of thiazole rings is 1. The number of nitrogens with one attached hydrogen (secondary N) is 1. The first kappa shape index (κ1) is 17.0. The molecule has 0 aliphatic carbocycles. The highest BCUT2D eigenvalue weighted by Gasteiger charge is 2.14. The number of carbonyl (C=O) groups excluding carboxylic acids is 1. The number of hydrogen-bond donors (Lipinski definition) is 1. The third-order valence-corrected chi connectivity index (χ3v) is 5.22. The Bertz CT molecular complexity index is 1040. The summed E-state index contributed by atoms with van der Waals surface area (Å²) in [6.07, 6.45) is 2.49. The number of anilines is 1. The van der Waals surface area contributed by atoms with Crippen LogP contribution in [0.1, 0.15) is 5.56 Å². The van der Waals surface area contributed by atoms with Crippen molar-refractivity contribution in [3.05, 3.63) is 62.3 Å². The highest BCUT2D eigenvalue weighted by Crippen LogP contribution is 2.31. The molecule has 8 heteroatoms. The van der Waals surface area contributed by atoms with Gasteiger partial charge in [0, 0.05) is 34.1 Å². The third kappa shape index (κ3) is 3.56. The lowest BCUT2D eigenvalue weighted by atomic mass is 10.1. The van der Waals surface area contributed by atoms with Gasteiger partial charge in [-0.3, -0.25) is 9.59 Å². The topological polar surface area (TPSA) is 73.2 Å². The van der Waals surface area contributed by atoms with Crippen LogP contribution in [0.2, 0.25) is 0 Å². The van der Waals surface area contributed by atoms with Gasteiger partial charge in [-0.2, -0.15) is 0 Å². The Balaban J connectivity index is 1.47. The SMILES string of the molecule is O=C(Cn1cc(Br)ccc1=O)Nc1nc(-c2ccc3c(c2)CCO3)cs1. The van der Waals surface area contributed by atoms with E-state index in [1.807, 2.05) is 17.5 Å². The number of benzene rings is 1. The molecular formula is C18H14BrN3O3S. The zero-order chi connectivity index (χ0) is 18.1. The molecule has 1 aromatic carbocycles. The second kappa shape index (κ2) is 7.05. The molecule has 2 aromatic heterocycles. The van der Waals surface area contributed by atoms with Crippen LogP contribution in [0.25, 0.3) is 11.3 Å². The van der Waals surface area contributed by atoms with Crippen LogP contribution in [0.5, 0.6) is 5.75 Å². The summed E-state index contributed by atoms with van der Waals surface area (Å²) < 4.78 is 7.60. The molecule has 1 N–H and O–H groups in total. The summed E-state index contributed by atoms with van der Waals surface area (Å²) in [5.41, 5.74) is 2.74. The fraction of sp³-hybridized carbons (Fsp3) is 0.167. The maximum Gasteiger partial charge on any atom is 0.251 e. The van der Waals surface area contributed by atoms with Crippen LogP contribution < -0.4 is 15.6 Å². The van der Waals surface area contributed by atoms with Crippen LogP contribution in [-0.2, 0) is 17.8 Å². The summed E-state index contributed by atoms with van der Waals surface area (Å²) in [7, 11) is 0. The van der Waals surface area contributed by atoms with E-state index in [2.05, 4.69) is 32.3 Å². The van der Waals surface area contributed by atoms with Gasteiger partial charge in [0.15, 0.2) is 5.13 Å². The maximum absolute atomic E-state index is 12.2. The quantitative estimate of drug-likeness (QED) is 0.687. The Morgan fingerprint density at radius 2 is 2.23 bits per heavy atom. The van der Waals surface area contributed by atoms with Crippen molar-refractivity contribution in [2.24, 2.45) is 0 Å². The van der Waals surface area contributed by atoms with E-state index in [4.69, 9.17) is 4.74 Å². The van der Waals surface area contributed by atoms with E-state index in [1.54, 1.807) is 12.3 Å². The molecule has 26 heavy (non-hydrogen) atoms. The van der Waals surface area contributed by atoms with Crippen molar-refractivity contribution in [3.8, 4) is 17.0 Å². The Morgan fingerprint density at radius 3 is 3.12 bits per heavy atom. The van der Waals surface area contributed by atoms with E-state index in [0.29, 0.717) is 11.7 Å². The van der Waals surface area contributed by atoms with Gasteiger partial charge in [0.2, 0.25) is 5.91 Å². The second-order valence-electron chi connectivity index (χ2n) is 5.82. The van der Waals surface area contributed by atoms with E-state index < -0.39 is 0 Å². The van der Waals surface area contributed by atoms with E-state index in [1.165, 1.54) is 27.5 Å². The number of hydrogen-bond acceptors (Lipinski definition) is 5. The molecule has 0 fully saturated rings. The van der Waals surface area contributed by atoms with Crippen molar-refractivity contribution in [1.82, 2.24) is 9.55 Å². The fourth-order valence-electron chi connectivity index (χ4n) is 2.75. The molecule has 3 aromatic rings. The normalized spacial score (nSPS) is 12.5. The van der Waals surface area contributed by atoms with Gasteiger partial charge in [-0.1, -0.05) is 0 Å². The molecule has 4 rings (SSSR count). The summed E-state index contributed by atoms with van der Waals surface area (Å²) in [6, 6.07) is 9.05. The molecule has 0 atom stereocenters. The first-order chi connectivity index (χ1) is 12.6.